The van der Waals surface area contributed by atoms with Crippen LogP contribution in [0, 0.1) is 19.3 Å². The van der Waals surface area contributed by atoms with E-state index in [4.69, 9.17) is 9.26 Å². The predicted molar refractivity (Wildman–Crippen MR) is 115 cm³/mol. The number of nitrogens with one attached hydrogen (secondary N) is 1. The largest absolute Gasteiger partial charge is 0.383 e. The van der Waals surface area contributed by atoms with Gasteiger partial charge in [0.05, 0.1) is 24.5 Å². The molecule has 1 spiro atoms. The number of aromatic nitrogens is 4. The molecule has 2 fully saturated rings. The van der Waals surface area contributed by atoms with Crippen LogP contribution in [-0.2, 0) is 16.0 Å². The summed E-state index contributed by atoms with van der Waals surface area (Å²) in [5, 5.41) is 15.1. The number of ether oxygens (including phenoxy) is 1. The van der Waals surface area contributed by atoms with Gasteiger partial charge in [-0.1, -0.05) is 10.4 Å². The van der Waals surface area contributed by atoms with E-state index in [0.717, 1.165) is 55.8 Å². The molecule has 32 heavy (non-hydrogen) atoms. The van der Waals surface area contributed by atoms with Crippen LogP contribution in [-0.4, -0.2) is 70.2 Å². The Bertz CT molecular complexity index is 940. The van der Waals surface area contributed by atoms with Crippen molar-refractivity contribution < 1.29 is 18.8 Å². The fourth-order valence-electron chi connectivity index (χ4n) is 5.02. The molecule has 1 N–H and O–H groups in total. The van der Waals surface area contributed by atoms with E-state index < -0.39 is 0 Å². The first-order valence-corrected chi connectivity index (χ1v) is 11.3. The molecule has 1 aliphatic heterocycles. The van der Waals surface area contributed by atoms with Crippen LogP contribution in [0.5, 0.6) is 0 Å². The molecule has 0 bridgehead atoms. The van der Waals surface area contributed by atoms with Crippen LogP contribution in [0.3, 0.4) is 0 Å². The van der Waals surface area contributed by atoms with E-state index in [2.05, 4.69) is 20.8 Å². The number of hydrogen-bond acceptors (Lipinski definition) is 7. The van der Waals surface area contributed by atoms with Crippen molar-refractivity contribution in [2.75, 3.05) is 33.4 Å². The minimum Gasteiger partial charge on any atom is -0.383 e. The molecule has 0 radical (unpaired) electrons. The molecule has 1 saturated heterocycles. The Morgan fingerprint density at radius 1 is 1.28 bits per heavy atom. The third-order valence-electron chi connectivity index (χ3n) is 7.16. The lowest BCUT2D eigenvalue weighted by atomic mass is 9.59. The maximum Gasteiger partial charge on any atom is 0.273 e. The van der Waals surface area contributed by atoms with Gasteiger partial charge in [0.2, 0.25) is 5.91 Å². The summed E-state index contributed by atoms with van der Waals surface area (Å²) in [6.45, 7) is 6.22. The summed E-state index contributed by atoms with van der Waals surface area (Å²) < 4.78 is 12.0. The minimum atomic E-state index is -0.236. The van der Waals surface area contributed by atoms with Gasteiger partial charge in [0, 0.05) is 38.7 Å². The smallest absolute Gasteiger partial charge is 0.273 e. The molecule has 3 heterocycles. The SMILES string of the molecule is COCCNC(=O)c1cn(C2CCC23CCN(C(=O)CCc2c(C)noc2C)CC3)nn1. The van der Waals surface area contributed by atoms with Crippen molar-refractivity contribution in [3.63, 3.8) is 0 Å². The van der Waals surface area contributed by atoms with Crippen molar-refractivity contribution in [3.8, 4) is 0 Å². The lowest BCUT2D eigenvalue weighted by Crippen LogP contribution is -2.51. The molecule has 1 aliphatic carbocycles. The van der Waals surface area contributed by atoms with Gasteiger partial charge in [-0.25, -0.2) is 4.68 Å². The quantitative estimate of drug-likeness (QED) is 0.618. The van der Waals surface area contributed by atoms with Crippen molar-refractivity contribution >= 4 is 11.8 Å². The maximum atomic E-state index is 12.8. The first-order valence-electron chi connectivity index (χ1n) is 11.3. The number of methoxy groups -OCH3 is 1. The number of likely N-dealkylation sites (tertiary alicyclic amines) is 1. The summed E-state index contributed by atoms with van der Waals surface area (Å²) in [6, 6.07) is 0.232. The lowest BCUT2D eigenvalue weighted by molar-refractivity contribution is -0.136. The molecule has 1 unspecified atom stereocenters. The Kier molecular flexibility index (Phi) is 6.59. The van der Waals surface area contributed by atoms with E-state index in [0.29, 0.717) is 31.7 Å². The molecule has 2 aliphatic rings. The highest BCUT2D eigenvalue weighted by Crippen LogP contribution is 2.56. The number of hydrogen-bond donors (Lipinski definition) is 1. The molecule has 10 heteroatoms. The van der Waals surface area contributed by atoms with E-state index in [1.807, 2.05) is 23.4 Å². The number of amides is 2. The molecule has 0 aromatic carbocycles. The first-order chi connectivity index (χ1) is 15.4. The van der Waals surface area contributed by atoms with Crippen LogP contribution in [0.1, 0.15) is 65.7 Å². The Balaban J connectivity index is 1.29. The van der Waals surface area contributed by atoms with Gasteiger partial charge in [0.1, 0.15) is 5.76 Å². The zero-order valence-electron chi connectivity index (χ0n) is 19.1. The molecule has 2 aromatic rings. The van der Waals surface area contributed by atoms with Gasteiger partial charge in [-0.2, -0.15) is 0 Å². The third-order valence-corrected chi connectivity index (χ3v) is 7.16. The van der Waals surface area contributed by atoms with Crippen LogP contribution in [0.2, 0.25) is 0 Å². The van der Waals surface area contributed by atoms with E-state index in [9.17, 15) is 9.59 Å². The topological polar surface area (TPSA) is 115 Å². The van der Waals surface area contributed by atoms with Gasteiger partial charge >= 0.3 is 0 Å². The Morgan fingerprint density at radius 2 is 2.06 bits per heavy atom. The average molecular weight is 445 g/mol. The lowest BCUT2D eigenvalue weighted by Gasteiger charge is -2.53. The predicted octanol–water partition coefficient (Wildman–Crippen LogP) is 1.84. The molecular weight excluding hydrogens is 412 g/mol. The van der Waals surface area contributed by atoms with E-state index in [1.165, 1.54) is 0 Å². The number of carbonyl (C=O) groups is 2. The molecule has 2 amide bonds. The fourth-order valence-corrected chi connectivity index (χ4v) is 5.02. The van der Waals surface area contributed by atoms with Gasteiger partial charge in [0.15, 0.2) is 5.69 Å². The Morgan fingerprint density at radius 3 is 2.69 bits per heavy atom. The van der Waals surface area contributed by atoms with Crippen LogP contribution < -0.4 is 5.32 Å². The molecule has 1 atom stereocenters. The third kappa shape index (κ3) is 4.41. The second-order valence-corrected chi connectivity index (χ2v) is 8.93. The van der Waals surface area contributed by atoms with Gasteiger partial charge < -0.3 is 19.5 Å². The van der Waals surface area contributed by atoms with E-state index in [1.54, 1.807) is 13.3 Å². The highest BCUT2D eigenvalue weighted by atomic mass is 16.5. The molecule has 1 saturated carbocycles. The molecular formula is C22H32N6O4. The molecule has 10 nitrogen and oxygen atoms in total. The summed E-state index contributed by atoms with van der Waals surface area (Å²) >= 11 is 0. The Labute approximate surface area is 187 Å². The van der Waals surface area contributed by atoms with Crippen LogP contribution >= 0.6 is 0 Å². The van der Waals surface area contributed by atoms with E-state index >= 15 is 0 Å². The van der Waals surface area contributed by atoms with Crippen LogP contribution in [0.25, 0.3) is 0 Å². The summed E-state index contributed by atoms with van der Waals surface area (Å²) in [5.74, 6) is 0.747. The van der Waals surface area contributed by atoms with Crippen molar-refractivity contribution in [1.82, 2.24) is 30.4 Å². The Hall–Kier alpha value is -2.75. The average Bonchev–Trinajstić information content (AvgIpc) is 3.38. The van der Waals surface area contributed by atoms with Gasteiger partial charge in [-0.3, -0.25) is 9.59 Å². The number of carbonyl (C=O) groups excluding carboxylic acids is 2. The van der Waals surface area contributed by atoms with Gasteiger partial charge in [0.25, 0.3) is 5.91 Å². The van der Waals surface area contributed by atoms with Crippen LogP contribution in [0.4, 0.5) is 0 Å². The van der Waals surface area contributed by atoms with Gasteiger partial charge in [-0.05, 0) is 51.4 Å². The first kappa shape index (κ1) is 22.4. The molecule has 2 aromatic heterocycles. The second kappa shape index (κ2) is 9.40. The summed E-state index contributed by atoms with van der Waals surface area (Å²) in [7, 11) is 1.59. The highest BCUT2D eigenvalue weighted by Gasteiger charge is 2.50. The zero-order valence-corrected chi connectivity index (χ0v) is 19.1. The van der Waals surface area contributed by atoms with E-state index in [-0.39, 0.29) is 23.3 Å². The highest BCUT2D eigenvalue weighted by molar-refractivity contribution is 5.91. The standard InChI is InChI=1S/C22H32N6O4/c1-15-17(16(2)32-25-15)4-5-20(29)27-11-8-22(9-12-27)7-6-19(22)28-14-18(24-26-28)21(30)23-10-13-31-3/h14,19H,4-13H2,1-3H3,(H,23,30). The summed E-state index contributed by atoms with van der Waals surface area (Å²) in [6.07, 6.45) is 6.92. The zero-order chi connectivity index (χ0) is 22.7. The number of rotatable bonds is 8. The van der Waals surface area contributed by atoms with Crippen LogP contribution in [0.15, 0.2) is 10.7 Å². The molecule has 4 rings (SSSR count). The van der Waals surface area contributed by atoms with Crippen molar-refractivity contribution in [2.45, 2.75) is 58.4 Å². The van der Waals surface area contributed by atoms with Crippen molar-refractivity contribution in [3.05, 3.63) is 28.9 Å². The summed E-state index contributed by atoms with van der Waals surface area (Å²) in [4.78, 5) is 26.9. The van der Waals surface area contributed by atoms with Gasteiger partial charge in [-0.15, -0.1) is 5.10 Å². The van der Waals surface area contributed by atoms with Crippen molar-refractivity contribution in [2.24, 2.45) is 5.41 Å². The number of nitrogens with zero attached hydrogens (tertiary/aromatic N) is 5. The monoisotopic (exact) mass is 444 g/mol. The maximum absolute atomic E-state index is 12.8. The van der Waals surface area contributed by atoms with Crippen molar-refractivity contribution in [1.29, 1.82) is 0 Å². The summed E-state index contributed by atoms with van der Waals surface area (Å²) in [5.41, 5.74) is 2.37. The minimum absolute atomic E-state index is 0.135. The normalized spacial score (nSPS) is 19.7. The molecule has 174 valence electrons. The number of aryl methyl sites for hydroxylation is 2. The fraction of sp³-hybridized carbons (Fsp3) is 0.682. The number of piperidine rings is 1. The second-order valence-electron chi connectivity index (χ2n) is 8.93.